The van der Waals surface area contributed by atoms with E-state index in [0.717, 1.165) is 0 Å². The van der Waals surface area contributed by atoms with Crippen molar-refractivity contribution in [1.82, 2.24) is 4.81 Å². The van der Waals surface area contributed by atoms with E-state index in [-0.39, 0.29) is 0 Å². The summed E-state index contributed by atoms with van der Waals surface area (Å²) >= 11 is 0. The normalized spacial score (nSPS) is 20.7. The molecule has 0 amide bonds. The van der Waals surface area contributed by atoms with Crippen LogP contribution in [-0.4, -0.2) is 32.1 Å². The first kappa shape index (κ1) is 7.10. The highest BCUT2D eigenvalue weighted by molar-refractivity contribution is 6.46. The Morgan fingerprint density at radius 1 is 1.33 bits per heavy atom. The molecule has 1 fully saturated rings. The molecule has 0 spiro atoms. The Bertz CT molecular complexity index is 83.1. The van der Waals surface area contributed by atoms with E-state index in [9.17, 15) is 0 Å². The molecular weight excluding hydrogens is 113 g/mol. The van der Waals surface area contributed by atoms with Gasteiger partial charge in [0.25, 0.3) is 0 Å². The summed E-state index contributed by atoms with van der Waals surface area (Å²) in [6, 6.07) is 0. The lowest BCUT2D eigenvalue weighted by molar-refractivity contribution is 0.348. The number of nitrogens with zero attached hydrogens (tertiary/aromatic N) is 1. The monoisotopic (exact) mass is 127 g/mol. The molecule has 0 aliphatic carbocycles. The third-order valence-corrected chi connectivity index (χ3v) is 2.00. The topological polar surface area (TPSA) is 12.5 Å². The summed E-state index contributed by atoms with van der Waals surface area (Å²) in [5, 5.41) is 0. The van der Waals surface area contributed by atoms with Gasteiger partial charge in [-0.2, -0.15) is 0 Å². The maximum Gasteiger partial charge on any atom is 0.378 e. The Kier molecular flexibility index (Phi) is 2.55. The molecule has 3 heteroatoms. The molecule has 0 aromatic heterocycles. The third kappa shape index (κ3) is 1.70. The second-order valence-corrected chi connectivity index (χ2v) is 2.58. The Hall–Kier alpha value is -0.0151. The van der Waals surface area contributed by atoms with Crippen LogP contribution in [0.1, 0.15) is 12.8 Å². The van der Waals surface area contributed by atoms with E-state index in [4.69, 9.17) is 4.65 Å². The van der Waals surface area contributed by atoms with Crippen LogP contribution in [0.15, 0.2) is 0 Å². The Balaban J connectivity index is 2.24. The molecule has 0 aromatic rings. The molecule has 1 aliphatic heterocycles. The van der Waals surface area contributed by atoms with Crippen LogP contribution in [0.25, 0.3) is 0 Å². The van der Waals surface area contributed by atoms with Crippen molar-refractivity contribution in [1.29, 1.82) is 0 Å². The number of rotatable bonds is 2. The maximum absolute atomic E-state index is 5.16. The van der Waals surface area contributed by atoms with Gasteiger partial charge < -0.3 is 9.47 Å². The molecule has 0 saturated carbocycles. The average Bonchev–Trinajstić information content (AvgIpc) is 2.37. The molecule has 0 aromatic carbocycles. The standard InChI is InChI=1S/C6H14BNO/c1-7(9-2)8-5-3-4-6-8/h3-6H2,1-2H3. The predicted octanol–water partition coefficient (Wildman–Crippen LogP) is 0.847. The van der Waals surface area contributed by atoms with Gasteiger partial charge in [0.1, 0.15) is 0 Å². The average molecular weight is 127 g/mol. The molecule has 1 rings (SSSR count). The van der Waals surface area contributed by atoms with Crippen LogP contribution in [0, 0.1) is 0 Å². The molecular formula is C6H14BNO. The first-order valence-corrected chi connectivity index (χ1v) is 3.61. The Morgan fingerprint density at radius 2 is 1.89 bits per heavy atom. The Morgan fingerprint density at radius 3 is 2.33 bits per heavy atom. The van der Waals surface area contributed by atoms with Crippen LogP contribution in [-0.2, 0) is 4.65 Å². The van der Waals surface area contributed by atoms with Crippen molar-refractivity contribution in [3.63, 3.8) is 0 Å². The number of hydrogen-bond acceptors (Lipinski definition) is 2. The summed E-state index contributed by atoms with van der Waals surface area (Å²) in [5.74, 6) is 0. The van der Waals surface area contributed by atoms with E-state index in [1.807, 2.05) is 0 Å². The third-order valence-electron chi connectivity index (χ3n) is 2.00. The van der Waals surface area contributed by atoms with E-state index in [1.54, 1.807) is 7.11 Å². The van der Waals surface area contributed by atoms with Crippen molar-refractivity contribution >= 4 is 7.05 Å². The van der Waals surface area contributed by atoms with Crippen LogP contribution in [0.2, 0.25) is 6.82 Å². The van der Waals surface area contributed by atoms with Crippen molar-refractivity contribution in [2.75, 3.05) is 20.2 Å². The van der Waals surface area contributed by atoms with Gasteiger partial charge in [0.05, 0.1) is 0 Å². The van der Waals surface area contributed by atoms with Gasteiger partial charge in [0.2, 0.25) is 0 Å². The van der Waals surface area contributed by atoms with Gasteiger partial charge in [-0.3, -0.25) is 0 Å². The highest BCUT2D eigenvalue weighted by atomic mass is 16.4. The molecule has 0 bridgehead atoms. The molecule has 1 heterocycles. The van der Waals surface area contributed by atoms with Crippen LogP contribution < -0.4 is 0 Å². The Labute approximate surface area is 57.3 Å². The van der Waals surface area contributed by atoms with Gasteiger partial charge >= 0.3 is 7.05 Å². The van der Waals surface area contributed by atoms with Gasteiger partial charge in [0.15, 0.2) is 0 Å². The zero-order chi connectivity index (χ0) is 6.69. The van der Waals surface area contributed by atoms with Gasteiger partial charge in [-0.25, -0.2) is 0 Å². The molecule has 1 saturated heterocycles. The molecule has 1 aliphatic rings. The molecule has 0 radical (unpaired) electrons. The van der Waals surface area contributed by atoms with E-state index in [0.29, 0.717) is 7.05 Å². The minimum Gasteiger partial charge on any atom is -0.424 e. The van der Waals surface area contributed by atoms with Crippen molar-refractivity contribution < 1.29 is 4.65 Å². The van der Waals surface area contributed by atoms with Gasteiger partial charge in [-0.05, 0) is 32.8 Å². The molecule has 0 atom stereocenters. The van der Waals surface area contributed by atoms with Crippen LogP contribution in [0.3, 0.4) is 0 Å². The minimum absolute atomic E-state index is 0.326. The second kappa shape index (κ2) is 3.23. The van der Waals surface area contributed by atoms with Crippen molar-refractivity contribution in [2.24, 2.45) is 0 Å². The fourth-order valence-corrected chi connectivity index (χ4v) is 1.25. The van der Waals surface area contributed by atoms with Crippen molar-refractivity contribution in [3.8, 4) is 0 Å². The quantitative estimate of drug-likeness (QED) is 0.509. The highest BCUT2D eigenvalue weighted by Gasteiger charge is 2.20. The SMILES string of the molecule is COB(C)N1CCCC1. The van der Waals surface area contributed by atoms with Crippen LogP contribution in [0.5, 0.6) is 0 Å². The lowest BCUT2D eigenvalue weighted by Gasteiger charge is -2.17. The van der Waals surface area contributed by atoms with Crippen molar-refractivity contribution in [2.45, 2.75) is 19.7 Å². The molecule has 9 heavy (non-hydrogen) atoms. The first-order chi connectivity index (χ1) is 4.34. The molecule has 0 N–H and O–H groups in total. The fraction of sp³-hybridized carbons (Fsp3) is 1.00. The summed E-state index contributed by atoms with van der Waals surface area (Å²) in [6.45, 7) is 4.54. The molecule has 52 valence electrons. The summed E-state index contributed by atoms with van der Waals surface area (Å²) in [6.07, 6.45) is 2.68. The molecule has 2 nitrogen and oxygen atoms in total. The number of hydrogen-bond donors (Lipinski definition) is 0. The van der Waals surface area contributed by atoms with E-state index < -0.39 is 0 Å². The van der Waals surface area contributed by atoms with Gasteiger partial charge in [0, 0.05) is 7.11 Å². The summed E-state index contributed by atoms with van der Waals surface area (Å²) in [5.41, 5.74) is 0. The first-order valence-electron chi connectivity index (χ1n) is 3.61. The predicted molar refractivity (Wildman–Crippen MR) is 39.4 cm³/mol. The van der Waals surface area contributed by atoms with Crippen LogP contribution >= 0.6 is 0 Å². The summed E-state index contributed by atoms with van der Waals surface area (Å²) in [4.78, 5) is 2.36. The lowest BCUT2D eigenvalue weighted by Crippen LogP contribution is -2.35. The highest BCUT2D eigenvalue weighted by Crippen LogP contribution is 2.08. The smallest absolute Gasteiger partial charge is 0.378 e. The van der Waals surface area contributed by atoms with Gasteiger partial charge in [-0.1, -0.05) is 0 Å². The fourth-order valence-electron chi connectivity index (χ4n) is 1.25. The van der Waals surface area contributed by atoms with Gasteiger partial charge in [-0.15, -0.1) is 0 Å². The maximum atomic E-state index is 5.16. The lowest BCUT2D eigenvalue weighted by atomic mass is 9.85. The van der Waals surface area contributed by atoms with E-state index in [2.05, 4.69) is 11.6 Å². The van der Waals surface area contributed by atoms with E-state index in [1.165, 1.54) is 25.9 Å². The minimum atomic E-state index is 0.326. The largest absolute Gasteiger partial charge is 0.424 e. The zero-order valence-electron chi connectivity index (χ0n) is 6.26. The van der Waals surface area contributed by atoms with Crippen molar-refractivity contribution in [3.05, 3.63) is 0 Å². The summed E-state index contributed by atoms with van der Waals surface area (Å²) in [7, 11) is 2.09. The van der Waals surface area contributed by atoms with Crippen LogP contribution in [0.4, 0.5) is 0 Å². The summed E-state index contributed by atoms with van der Waals surface area (Å²) < 4.78 is 5.16. The second-order valence-electron chi connectivity index (χ2n) is 2.58. The van der Waals surface area contributed by atoms with E-state index >= 15 is 0 Å². The molecule has 0 unspecified atom stereocenters. The zero-order valence-corrected chi connectivity index (χ0v) is 6.26.